The van der Waals surface area contributed by atoms with Crippen LogP contribution < -0.4 is 10.6 Å². The Balaban J connectivity index is 1.53. The van der Waals surface area contributed by atoms with Crippen molar-refractivity contribution in [2.24, 2.45) is 0 Å². The maximum Gasteiger partial charge on any atom is 0.224 e. The Hall–Kier alpha value is -1.85. The number of aryl methyl sites for hydroxylation is 1. The van der Waals surface area contributed by atoms with Gasteiger partial charge in [-0.05, 0) is 43.9 Å². The fraction of sp³-hybridized carbons (Fsp3) is 0.444. The quantitative estimate of drug-likeness (QED) is 0.800. The lowest BCUT2D eigenvalue weighted by atomic mass is 10.1. The Morgan fingerprint density at radius 3 is 2.96 bits per heavy atom. The minimum atomic E-state index is 0.272. The lowest BCUT2D eigenvalue weighted by Gasteiger charge is -2.12. The molecule has 24 heavy (non-hydrogen) atoms. The summed E-state index contributed by atoms with van der Waals surface area (Å²) in [5.41, 5.74) is 2.14. The molecule has 1 aromatic carbocycles. The number of rotatable bonds is 7. The maximum atomic E-state index is 6.01. The van der Waals surface area contributed by atoms with Gasteiger partial charge in [0.25, 0.3) is 0 Å². The number of benzene rings is 1. The molecule has 2 heterocycles. The van der Waals surface area contributed by atoms with E-state index in [0.29, 0.717) is 5.95 Å². The number of anilines is 2. The van der Waals surface area contributed by atoms with Crippen molar-refractivity contribution in [3.63, 3.8) is 0 Å². The van der Waals surface area contributed by atoms with Gasteiger partial charge in [0, 0.05) is 36.5 Å². The van der Waals surface area contributed by atoms with E-state index < -0.39 is 0 Å². The smallest absolute Gasteiger partial charge is 0.224 e. The molecule has 5 nitrogen and oxygen atoms in total. The average Bonchev–Trinajstić information content (AvgIpc) is 3.06. The van der Waals surface area contributed by atoms with E-state index in [1.54, 1.807) is 0 Å². The SMILES string of the molecule is Cc1cc(NCCc2cccc(Cl)c2)nc(NCC2CCCO2)n1. The van der Waals surface area contributed by atoms with E-state index >= 15 is 0 Å². The second kappa shape index (κ2) is 8.31. The highest BCUT2D eigenvalue weighted by atomic mass is 35.5. The monoisotopic (exact) mass is 346 g/mol. The van der Waals surface area contributed by atoms with E-state index in [-0.39, 0.29) is 6.10 Å². The first-order valence-corrected chi connectivity index (χ1v) is 8.76. The summed E-state index contributed by atoms with van der Waals surface area (Å²) in [7, 11) is 0. The fourth-order valence-corrected chi connectivity index (χ4v) is 2.99. The lowest BCUT2D eigenvalue weighted by Crippen LogP contribution is -2.20. The van der Waals surface area contributed by atoms with E-state index in [1.807, 2.05) is 31.2 Å². The summed E-state index contributed by atoms with van der Waals surface area (Å²) in [5.74, 6) is 1.48. The van der Waals surface area contributed by atoms with Gasteiger partial charge in [0.15, 0.2) is 0 Å². The third kappa shape index (κ3) is 5.08. The van der Waals surface area contributed by atoms with Crippen molar-refractivity contribution < 1.29 is 4.74 Å². The Morgan fingerprint density at radius 2 is 2.17 bits per heavy atom. The van der Waals surface area contributed by atoms with Crippen LogP contribution in [0.15, 0.2) is 30.3 Å². The van der Waals surface area contributed by atoms with E-state index in [1.165, 1.54) is 5.56 Å². The van der Waals surface area contributed by atoms with Crippen molar-refractivity contribution in [1.29, 1.82) is 0 Å². The third-order valence-corrected chi connectivity index (χ3v) is 4.21. The minimum absolute atomic E-state index is 0.272. The molecule has 0 aliphatic carbocycles. The number of hydrogen-bond donors (Lipinski definition) is 2. The van der Waals surface area contributed by atoms with E-state index in [4.69, 9.17) is 16.3 Å². The predicted molar refractivity (Wildman–Crippen MR) is 97.9 cm³/mol. The van der Waals surface area contributed by atoms with Crippen LogP contribution in [0.1, 0.15) is 24.1 Å². The topological polar surface area (TPSA) is 59.1 Å². The number of nitrogens with one attached hydrogen (secondary N) is 2. The molecule has 2 aromatic rings. The van der Waals surface area contributed by atoms with E-state index in [0.717, 1.165) is 55.5 Å². The van der Waals surface area contributed by atoms with Crippen LogP contribution in [0, 0.1) is 6.92 Å². The van der Waals surface area contributed by atoms with Gasteiger partial charge < -0.3 is 15.4 Å². The highest BCUT2D eigenvalue weighted by molar-refractivity contribution is 6.30. The van der Waals surface area contributed by atoms with Gasteiger partial charge in [-0.2, -0.15) is 4.98 Å². The molecule has 0 saturated carbocycles. The lowest BCUT2D eigenvalue weighted by molar-refractivity contribution is 0.120. The molecule has 128 valence electrons. The van der Waals surface area contributed by atoms with Crippen LogP contribution in [0.5, 0.6) is 0 Å². The first-order valence-electron chi connectivity index (χ1n) is 8.38. The number of aromatic nitrogens is 2. The highest BCUT2D eigenvalue weighted by Crippen LogP contribution is 2.15. The van der Waals surface area contributed by atoms with Crippen molar-refractivity contribution in [2.75, 3.05) is 30.3 Å². The summed E-state index contributed by atoms with van der Waals surface area (Å²) in [4.78, 5) is 8.97. The molecule has 3 rings (SSSR count). The van der Waals surface area contributed by atoms with Crippen molar-refractivity contribution >= 4 is 23.4 Å². The standard InChI is InChI=1S/C18H23ClN4O/c1-13-10-17(20-8-7-14-4-2-5-15(19)11-14)23-18(22-13)21-12-16-6-3-9-24-16/h2,4-5,10-11,16H,3,6-9,12H2,1H3,(H2,20,21,22,23). The normalized spacial score (nSPS) is 17.0. The van der Waals surface area contributed by atoms with Crippen molar-refractivity contribution in [3.8, 4) is 0 Å². The van der Waals surface area contributed by atoms with Crippen LogP contribution in [-0.4, -0.2) is 35.8 Å². The molecule has 1 aliphatic heterocycles. The van der Waals surface area contributed by atoms with E-state index in [9.17, 15) is 0 Å². The summed E-state index contributed by atoms with van der Waals surface area (Å²) in [6.07, 6.45) is 3.40. The Labute approximate surface area is 147 Å². The van der Waals surface area contributed by atoms with Gasteiger partial charge in [0.1, 0.15) is 5.82 Å². The molecule has 0 radical (unpaired) electrons. The van der Waals surface area contributed by atoms with Crippen LogP contribution in [0.2, 0.25) is 5.02 Å². The average molecular weight is 347 g/mol. The summed E-state index contributed by atoms with van der Waals surface area (Å²) in [6.45, 7) is 4.38. The Morgan fingerprint density at radius 1 is 1.25 bits per heavy atom. The van der Waals surface area contributed by atoms with Gasteiger partial charge in [-0.3, -0.25) is 0 Å². The van der Waals surface area contributed by atoms with Crippen LogP contribution >= 0.6 is 11.6 Å². The van der Waals surface area contributed by atoms with Gasteiger partial charge in [-0.1, -0.05) is 23.7 Å². The molecule has 1 atom stereocenters. The van der Waals surface area contributed by atoms with Crippen LogP contribution in [-0.2, 0) is 11.2 Å². The zero-order chi connectivity index (χ0) is 16.8. The number of ether oxygens (including phenoxy) is 1. The molecule has 1 saturated heterocycles. The Kier molecular flexibility index (Phi) is 5.88. The van der Waals surface area contributed by atoms with Crippen molar-refractivity contribution in [2.45, 2.75) is 32.3 Å². The molecule has 1 fully saturated rings. The minimum Gasteiger partial charge on any atom is -0.376 e. The molecular weight excluding hydrogens is 324 g/mol. The largest absolute Gasteiger partial charge is 0.376 e. The molecule has 1 aromatic heterocycles. The number of halogens is 1. The third-order valence-electron chi connectivity index (χ3n) is 3.97. The first-order chi connectivity index (χ1) is 11.7. The summed E-state index contributed by atoms with van der Waals surface area (Å²) >= 11 is 6.01. The fourth-order valence-electron chi connectivity index (χ4n) is 2.78. The van der Waals surface area contributed by atoms with Crippen LogP contribution in [0.4, 0.5) is 11.8 Å². The van der Waals surface area contributed by atoms with Gasteiger partial charge in [0.2, 0.25) is 5.95 Å². The van der Waals surface area contributed by atoms with Crippen LogP contribution in [0.3, 0.4) is 0 Å². The highest BCUT2D eigenvalue weighted by Gasteiger charge is 2.15. The zero-order valence-corrected chi connectivity index (χ0v) is 14.6. The van der Waals surface area contributed by atoms with Gasteiger partial charge in [-0.15, -0.1) is 0 Å². The first kappa shape index (κ1) is 17.0. The van der Waals surface area contributed by atoms with Crippen LogP contribution in [0.25, 0.3) is 0 Å². The second-order valence-corrected chi connectivity index (χ2v) is 6.48. The molecule has 0 spiro atoms. The molecule has 0 bridgehead atoms. The van der Waals surface area contributed by atoms with E-state index in [2.05, 4.69) is 26.7 Å². The second-order valence-electron chi connectivity index (χ2n) is 6.04. The molecule has 1 unspecified atom stereocenters. The van der Waals surface area contributed by atoms with Gasteiger partial charge in [0.05, 0.1) is 6.10 Å². The zero-order valence-electron chi connectivity index (χ0n) is 13.9. The summed E-state index contributed by atoms with van der Waals surface area (Å²) in [5, 5.41) is 7.40. The van der Waals surface area contributed by atoms with Crippen molar-refractivity contribution in [1.82, 2.24) is 9.97 Å². The van der Waals surface area contributed by atoms with Gasteiger partial charge in [-0.25, -0.2) is 4.98 Å². The molecular formula is C18H23ClN4O. The molecule has 2 N–H and O–H groups in total. The summed E-state index contributed by atoms with van der Waals surface area (Å²) in [6, 6.07) is 9.88. The maximum absolute atomic E-state index is 6.01. The summed E-state index contributed by atoms with van der Waals surface area (Å²) < 4.78 is 5.61. The number of nitrogens with zero attached hydrogens (tertiary/aromatic N) is 2. The predicted octanol–water partition coefficient (Wildman–Crippen LogP) is 3.68. The molecule has 0 amide bonds. The number of hydrogen-bond acceptors (Lipinski definition) is 5. The Bertz CT molecular complexity index is 674. The molecule has 1 aliphatic rings. The van der Waals surface area contributed by atoms with Crippen molar-refractivity contribution in [3.05, 3.63) is 46.6 Å². The van der Waals surface area contributed by atoms with Gasteiger partial charge >= 0.3 is 0 Å². The molecule has 6 heteroatoms.